The first-order valence-corrected chi connectivity index (χ1v) is 7.54. The lowest BCUT2D eigenvalue weighted by Gasteiger charge is -2.43. The summed E-state index contributed by atoms with van der Waals surface area (Å²) in [6.07, 6.45) is 2.44. The van der Waals surface area contributed by atoms with Crippen LogP contribution in [0.15, 0.2) is 24.3 Å². The third kappa shape index (κ3) is 2.29. The third-order valence-corrected chi connectivity index (χ3v) is 4.74. The normalized spacial score (nSPS) is 18.2. The van der Waals surface area contributed by atoms with Crippen molar-refractivity contribution in [2.24, 2.45) is 11.3 Å². The first kappa shape index (κ1) is 12.1. The van der Waals surface area contributed by atoms with Crippen LogP contribution < -0.4 is 5.32 Å². The predicted molar refractivity (Wildman–Crippen MR) is 78.1 cm³/mol. The van der Waals surface area contributed by atoms with Gasteiger partial charge in [-0.15, -0.1) is 11.3 Å². The van der Waals surface area contributed by atoms with Crippen molar-refractivity contribution in [3.05, 3.63) is 29.3 Å². The average molecular weight is 260 g/mol. The number of benzene rings is 1. The fourth-order valence-electron chi connectivity index (χ4n) is 3.00. The summed E-state index contributed by atoms with van der Waals surface area (Å²) in [6, 6.07) is 8.45. The number of nitrogens with zero attached hydrogens (tertiary/aromatic N) is 1. The summed E-state index contributed by atoms with van der Waals surface area (Å²) in [5.74, 6) is 0.765. The molecule has 0 unspecified atom stereocenters. The van der Waals surface area contributed by atoms with E-state index in [1.807, 2.05) is 11.3 Å². The molecule has 0 amide bonds. The molecule has 3 rings (SSSR count). The number of fused-ring (bicyclic) bond motifs is 1. The van der Waals surface area contributed by atoms with Crippen LogP contribution in [0.3, 0.4) is 0 Å². The second kappa shape index (κ2) is 4.63. The van der Waals surface area contributed by atoms with Gasteiger partial charge in [-0.2, -0.15) is 0 Å². The predicted octanol–water partition coefficient (Wildman–Crippen LogP) is 3.47. The van der Waals surface area contributed by atoms with E-state index in [0.29, 0.717) is 5.41 Å². The van der Waals surface area contributed by atoms with Crippen LogP contribution in [0.4, 0.5) is 0 Å². The van der Waals surface area contributed by atoms with E-state index in [4.69, 9.17) is 4.98 Å². The van der Waals surface area contributed by atoms with Crippen LogP contribution in [0.1, 0.15) is 25.3 Å². The molecule has 0 atom stereocenters. The van der Waals surface area contributed by atoms with Crippen LogP contribution in [0, 0.1) is 11.3 Å². The first-order chi connectivity index (χ1) is 8.67. The minimum atomic E-state index is 0.460. The van der Waals surface area contributed by atoms with Gasteiger partial charge in [0.2, 0.25) is 0 Å². The number of para-hydroxylation sites is 1. The lowest BCUT2D eigenvalue weighted by atomic mass is 9.73. The highest BCUT2D eigenvalue weighted by atomic mass is 32.1. The molecule has 1 N–H and O–H groups in total. The zero-order valence-corrected chi connectivity index (χ0v) is 11.9. The Morgan fingerprint density at radius 2 is 2.11 bits per heavy atom. The van der Waals surface area contributed by atoms with E-state index in [-0.39, 0.29) is 0 Å². The summed E-state index contributed by atoms with van der Waals surface area (Å²) in [5.41, 5.74) is 1.62. The summed E-state index contributed by atoms with van der Waals surface area (Å²) in [5, 5.41) is 4.74. The molecule has 0 saturated carbocycles. The molecule has 0 spiro atoms. The van der Waals surface area contributed by atoms with Gasteiger partial charge in [-0.1, -0.05) is 26.0 Å². The smallest absolute Gasteiger partial charge is 0.0945 e. The van der Waals surface area contributed by atoms with Crippen molar-refractivity contribution in [2.45, 2.75) is 26.7 Å². The highest BCUT2D eigenvalue weighted by molar-refractivity contribution is 7.18. The van der Waals surface area contributed by atoms with Crippen LogP contribution in [0.5, 0.6) is 0 Å². The first-order valence-electron chi connectivity index (χ1n) is 6.72. The number of aromatic nitrogens is 1. The van der Waals surface area contributed by atoms with Crippen molar-refractivity contribution in [1.29, 1.82) is 0 Å². The van der Waals surface area contributed by atoms with Gasteiger partial charge < -0.3 is 5.32 Å². The molecule has 0 radical (unpaired) electrons. The van der Waals surface area contributed by atoms with Gasteiger partial charge in [-0.3, -0.25) is 0 Å². The molecule has 1 aliphatic rings. The quantitative estimate of drug-likeness (QED) is 0.910. The van der Waals surface area contributed by atoms with E-state index in [0.717, 1.165) is 30.9 Å². The molecule has 1 aliphatic heterocycles. The van der Waals surface area contributed by atoms with Crippen molar-refractivity contribution < 1.29 is 0 Å². The van der Waals surface area contributed by atoms with E-state index >= 15 is 0 Å². The molecule has 1 aromatic carbocycles. The Morgan fingerprint density at radius 3 is 2.72 bits per heavy atom. The second-order valence-electron chi connectivity index (χ2n) is 5.95. The summed E-state index contributed by atoms with van der Waals surface area (Å²) in [6.45, 7) is 6.94. The van der Waals surface area contributed by atoms with Crippen molar-refractivity contribution >= 4 is 21.6 Å². The minimum absolute atomic E-state index is 0.460. The highest BCUT2D eigenvalue weighted by Crippen LogP contribution is 2.36. The Balaban J connectivity index is 1.82. The Hall–Kier alpha value is -0.930. The maximum absolute atomic E-state index is 4.78. The van der Waals surface area contributed by atoms with Crippen LogP contribution in [-0.2, 0) is 6.42 Å². The lowest BCUT2D eigenvalue weighted by molar-refractivity contribution is 0.131. The van der Waals surface area contributed by atoms with Gasteiger partial charge >= 0.3 is 0 Å². The van der Waals surface area contributed by atoms with Gasteiger partial charge in [0.1, 0.15) is 0 Å². The largest absolute Gasteiger partial charge is 0.316 e. The number of hydrogen-bond acceptors (Lipinski definition) is 3. The van der Waals surface area contributed by atoms with Gasteiger partial charge in [0.15, 0.2) is 0 Å². The van der Waals surface area contributed by atoms with Crippen LogP contribution >= 0.6 is 11.3 Å². The Labute approximate surface area is 112 Å². The van der Waals surface area contributed by atoms with Crippen molar-refractivity contribution in [3.8, 4) is 0 Å². The van der Waals surface area contributed by atoms with Gasteiger partial charge in [0.25, 0.3) is 0 Å². The minimum Gasteiger partial charge on any atom is -0.316 e. The maximum atomic E-state index is 4.78. The lowest BCUT2D eigenvalue weighted by Crippen LogP contribution is -2.55. The van der Waals surface area contributed by atoms with Crippen molar-refractivity contribution in [1.82, 2.24) is 10.3 Å². The Morgan fingerprint density at radius 1 is 1.33 bits per heavy atom. The van der Waals surface area contributed by atoms with Gasteiger partial charge in [-0.25, -0.2) is 4.98 Å². The molecule has 2 nitrogen and oxygen atoms in total. The summed E-state index contributed by atoms with van der Waals surface area (Å²) in [4.78, 5) is 4.78. The summed E-state index contributed by atoms with van der Waals surface area (Å²) in [7, 11) is 0. The SMILES string of the molecule is CC(C)CC1(Cc2nc3ccccc3s2)CNC1. The molecule has 1 aromatic heterocycles. The molecule has 0 aliphatic carbocycles. The number of hydrogen-bond donors (Lipinski definition) is 1. The van der Waals surface area contributed by atoms with Crippen molar-refractivity contribution in [3.63, 3.8) is 0 Å². The molecule has 1 saturated heterocycles. The van der Waals surface area contributed by atoms with E-state index < -0.39 is 0 Å². The van der Waals surface area contributed by atoms with E-state index in [2.05, 4.69) is 43.4 Å². The molecule has 3 heteroatoms. The number of rotatable bonds is 4. The van der Waals surface area contributed by atoms with Crippen LogP contribution in [0.2, 0.25) is 0 Å². The van der Waals surface area contributed by atoms with Crippen LogP contribution in [-0.4, -0.2) is 18.1 Å². The molecule has 0 bridgehead atoms. The maximum Gasteiger partial charge on any atom is 0.0945 e. The molecular weight excluding hydrogens is 240 g/mol. The average Bonchev–Trinajstić information content (AvgIpc) is 2.67. The summed E-state index contributed by atoms with van der Waals surface area (Å²) < 4.78 is 1.32. The standard InChI is InChI=1S/C15H20N2S/c1-11(2)7-15(9-16-10-15)8-14-17-12-5-3-4-6-13(12)18-14/h3-6,11,16H,7-10H2,1-2H3. The second-order valence-corrected chi connectivity index (χ2v) is 7.07. The van der Waals surface area contributed by atoms with Gasteiger partial charge in [0, 0.05) is 24.9 Å². The fraction of sp³-hybridized carbons (Fsp3) is 0.533. The monoisotopic (exact) mass is 260 g/mol. The highest BCUT2D eigenvalue weighted by Gasteiger charge is 2.38. The molecule has 96 valence electrons. The van der Waals surface area contributed by atoms with E-state index in [1.165, 1.54) is 16.1 Å². The Kier molecular flexibility index (Phi) is 3.12. The number of thiazole rings is 1. The third-order valence-electron chi connectivity index (χ3n) is 3.71. The molecular formula is C15H20N2S. The fourth-order valence-corrected chi connectivity index (χ4v) is 4.14. The van der Waals surface area contributed by atoms with Crippen LogP contribution in [0.25, 0.3) is 10.2 Å². The summed E-state index contributed by atoms with van der Waals surface area (Å²) >= 11 is 1.86. The van der Waals surface area contributed by atoms with E-state index in [9.17, 15) is 0 Å². The molecule has 18 heavy (non-hydrogen) atoms. The topological polar surface area (TPSA) is 24.9 Å². The molecule has 1 fully saturated rings. The van der Waals surface area contributed by atoms with Crippen molar-refractivity contribution in [2.75, 3.05) is 13.1 Å². The van der Waals surface area contributed by atoms with Gasteiger partial charge in [-0.05, 0) is 24.5 Å². The molecule has 2 heterocycles. The Bertz CT molecular complexity index is 507. The zero-order valence-electron chi connectivity index (χ0n) is 11.1. The van der Waals surface area contributed by atoms with E-state index in [1.54, 1.807) is 0 Å². The zero-order chi connectivity index (χ0) is 12.6. The number of nitrogens with one attached hydrogen (secondary N) is 1. The molecule has 2 aromatic rings. The van der Waals surface area contributed by atoms with Gasteiger partial charge in [0.05, 0.1) is 15.2 Å².